The molecule has 0 spiro atoms. The average Bonchev–Trinajstić information content (AvgIpc) is 3.05. The van der Waals surface area contributed by atoms with Gasteiger partial charge in [-0.2, -0.15) is 0 Å². The number of nitrogens with zero attached hydrogens (tertiary/aromatic N) is 1. The summed E-state index contributed by atoms with van der Waals surface area (Å²) in [5.74, 6) is -0.607. The lowest BCUT2D eigenvalue weighted by Crippen LogP contribution is -2.26. The second kappa shape index (κ2) is 7.71. The Morgan fingerprint density at radius 1 is 1.48 bits per heavy atom. The van der Waals surface area contributed by atoms with Crippen LogP contribution in [0.4, 0.5) is 0 Å². The lowest BCUT2D eigenvalue weighted by molar-refractivity contribution is -0.0258. The molecule has 1 aromatic rings. The molecule has 1 heterocycles. The number of carbonyl (C=O) groups excluding carboxylic acids is 1. The van der Waals surface area contributed by atoms with Gasteiger partial charge >= 0.3 is 5.97 Å². The van der Waals surface area contributed by atoms with Gasteiger partial charge in [0.1, 0.15) is 6.61 Å². The number of hydrogen-bond acceptors (Lipinski definition) is 6. The Hall–Kier alpha value is -1.00. The van der Waals surface area contributed by atoms with E-state index in [2.05, 4.69) is 15.9 Å². The molecule has 128 valence electrons. The molecule has 9 heteroatoms. The molecule has 2 rings (SSSR count). The van der Waals surface area contributed by atoms with E-state index in [0.29, 0.717) is 11.1 Å². The van der Waals surface area contributed by atoms with Gasteiger partial charge in [0, 0.05) is 18.1 Å². The van der Waals surface area contributed by atoms with Gasteiger partial charge in [-0.25, -0.2) is 13.2 Å². The number of benzene rings is 1. The summed E-state index contributed by atoms with van der Waals surface area (Å²) in [7, 11) is -1.32. The van der Waals surface area contributed by atoms with Crippen molar-refractivity contribution >= 4 is 31.9 Å². The van der Waals surface area contributed by atoms with Crippen molar-refractivity contribution in [3.05, 3.63) is 28.2 Å². The quantitative estimate of drug-likeness (QED) is 0.529. The van der Waals surface area contributed by atoms with Crippen molar-refractivity contribution in [2.24, 2.45) is 0 Å². The number of hydroxylamine groups is 1. The zero-order valence-electron chi connectivity index (χ0n) is 12.8. The third-order valence-electron chi connectivity index (χ3n) is 3.48. The van der Waals surface area contributed by atoms with E-state index in [1.165, 1.54) is 32.4 Å². The number of ether oxygens (including phenoxy) is 2. The van der Waals surface area contributed by atoms with Gasteiger partial charge in [0.2, 0.25) is 0 Å². The number of esters is 1. The van der Waals surface area contributed by atoms with Crippen LogP contribution in [-0.2, 0) is 24.3 Å². The van der Waals surface area contributed by atoms with Crippen LogP contribution in [0, 0.1) is 0 Å². The average molecular weight is 408 g/mol. The molecule has 0 radical (unpaired) electrons. The summed E-state index contributed by atoms with van der Waals surface area (Å²) in [6.07, 6.45) is 1.70. The van der Waals surface area contributed by atoms with Crippen LogP contribution in [0.5, 0.6) is 0 Å². The van der Waals surface area contributed by atoms with Gasteiger partial charge in [-0.3, -0.25) is 4.84 Å². The molecule has 0 aliphatic carbocycles. The first-order valence-corrected chi connectivity index (χ1v) is 9.21. The van der Waals surface area contributed by atoms with E-state index in [1.54, 1.807) is 0 Å². The minimum atomic E-state index is -3.83. The van der Waals surface area contributed by atoms with E-state index in [-0.39, 0.29) is 23.2 Å². The zero-order chi connectivity index (χ0) is 17.0. The van der Waals surface area contributed by atoms with Crippen molar-refractivity contribution in [3.8, 4) is 0 Å². The van der Waals surface area contributed by atoms with Gasteiger partial charge in [0.15, 0.2) is 0 Å². The van der Waals surface area contributed by atoms with Crippen LogP contribution >= 0.6 is 15.9 Å². The fraction of sp³-hybridized carbons (Fsp3) is 0.500. The number of rotatable bonds is 6. The summed E-state index contributed by atoms with van der Waals surface area (Å²) >= 11 is 3.23. The van der Waals surface area contributed by atoms with E-state index in [9.17, 15) is 13.2 Å². The summed E-state index contributed by atoms with van der Waals surface area (Å²) in [6, 6.07) is 4.12. The molecule has 23 heavy (non-hydrogen) atoms. The smallest absolute Gasteiger partial charge is 0.339 e. The van der Waals surface area contributed by atoms with Gasteiger partial charge in [-0.1, -0.05) is 4.47 Å². The molecule has 1 fully saturated rings. The molecule has 0 amide bonds. The van der Waals surface area contributed by atoms with Gasteiger partial charge in [-0.15, -0.1) is 0 Å². The molecule has 0 saturated carbocycles. The zero-order valence-corrected chi connectivity index (χ0v) is 15.2. The third kappa shape index (κ3) is 4.30. The highest BCUT2D eigenvalue weighted by molar-refractivity contribution is 9.10. The Kier molecular flexibility index (Phi) is 6.15. The van der Waals surface area contributed by atoms with Crippen molar-refractivity contribution in [1.29, 1.82) is 0 Å². The molecule has 7 nitrogen and oxygen atoms in total. The minimum Gasteiger partial charge on any atom is -0.459 e. The van der Waals surface area contributed by atoms with Gasteiger partial charge in [0.05, 0.1) is 23.7 Å². The maximum atomic E-state index is 12.2. The van der Waals surface area contributed by atoms with E-state index in [0.717, 1.165) is 17.3 Å². The summed E-state index contributed by atoms with van der Waals surface area (Å²) < 4.78 is 36.2. The van der Waals surface area contributed by atoms with E-state index in [1.807, 2.05) is 0 Å². The molecule has 1 aliphatic rings. The molecule has 0 aromatic heterocycles. The highest BCUT2D eigenvalue weighted by Crippen LogP contribution is 2.24. The summed E-state index contributed by atoms with van der Waals surface area (Å²) in [5.41, 5.74) is 0.133. The van der Waals surface area contributed by atoms with Crippen LogP contribution in [0.25, 0.3) is 0 Å². The standard InChI is InChI=1S/C14H18BrNO6S/c1-16(20-2)23(18,19)11-5-6-13(15)12(8-11)14(17)22-9-10-4-3-7-21-10/h5-6,8,10H,3-4,7,9H2,1-2H3. The van der Waals surface area contributed by atoms with Crippen molar-refractivity contribution in [3.63, 3.8) is 0 Å². The highest BCUT2D eigenvalue weighted by atomic mass is 79.9. The normalized spacial score (nSPS) is 18.3. The first-order chi connectivity index (χ1) is 10.9. The first-order valence-electron chi connectivity index (χ1n) is 6.97. The van der Waals surface area contributed by atoms with Crippen molar-refractivity contribution in [2.45, 2.75) is 23.8 Å². The number of halogens is 1. The van der Waals surface area contributed by atoms with Gasteiger partial charge < -0.3 is 9.47 Å². The summed E-state index contributed by atoms with van der Waals surface area (Å²) in [4.78, 5) is 16.8. The van der Waals surface area contributed by atoms with E-state index >= 15 is 0 Å². The van der Waals surface area contributed by atoms with Crippen LogP contribution in [0.15, 0.2) is 27.6 Å². The summed E-state index contributed by atoms with van der Waals surface area (Å²) in [6.45, 7) is 0.823. The topological polar surface area (TPSA) is 82.1 Å². The predicted molar refractivity (Wildman–Crippen MR) is 85.4 cm³/mol. The van der Waals surface area contributed by atoms with Crippen LogP contribution in [0.3, 0.4) is 0 Å². The monoisotopic (exact) mass is 407 g/mol. The minimum absolute atomic E-state index is 0.0610. The first kappa shape index (κ1) is 18.3. The fourth-order valence-electron chi connectivity index (χ4n) is 2.09. The molecule has 1 aromatic carbocycles. The molecule has 1 unspecified atom stereocenters. The van der Waals surface area contributed by atoms with Crippen LogP contribution < -0.4 is 0 Å². The third-order valence-corrected chi connectivity index (χ3v) is 5.84. The molecule has 0 N–H and O–H groups in total. The summed E-state index contributed by atoms with van der Waals surface area (Å²) in [5, 5.41) is 0. The molecule has 1 atom stereocenters. The fourth-order valence-corrected chi connectivity index (χ4v) is 3.50. The Morgan fingerprint density at radius 3 is 2.83 bits per heavy atom. The van der Waals surface area contributed by atoms with E-state index in [4.69, 9.17) is 14.3 Å². The SMILES string of the molecule is CON(C)S(=O)(=O)c1ccc(Br)c(C(=O)OCC2CCCO2)c1. The second-order valence-corrected chi connectivity index (χ2v) is 7.76. The van der Waals surface area contributed by atoms with Crippen molar-refractivity contribution < 1.29 is 27.5 Å². The molecule has 0 bridgehead atoms. The second-order valence-electron chi connectivity index (χ2n) is 4.97. The molecule has 1 saturated heterocycles. The largest absolute Gasteiger partial charge is 0.459 e. The predicted octanol–water partition coefficient (Wildman–Crippen LogP) is 1.97. The van der Waals surface area contributed by atoms with Gasteiger partial charge in [-0.05, 0) is 47.0 Å². The van der Waals surface area contributed by atoms with E-state index < -0.39 is 16.0 Å². The highest BCUT2D eigenvalue weighted by Gasteiger charge is 2.24. The van der Waals surface area contributed by atoms with Crippen LogP contribution in [0.2, 0.25) is 0 Å². The Morgan fingerprint density at radius 2 is 2.22 bits per heavy atom. The Bertz CT molecular complexity index is 672. The molecular formula is C14H18BrNO6S. The lowest BCUT2D eigenvalue weighted by atomic mass is 10.2. The Balaban J connectivity index is 2.18. The number of carbonyl (C=O) groups is 1. The number of hydrogen-bond donors (Lipinski definition) is 0. The maximum absolute atomic E-state index is 12.2. The van der Waals surface area contributed by atoms with Gasteiger partial charge in [0.25, 0.3) is 10.0 Å². The lowest BCUT2D eigenvalue weighted by Gasteiger charge is -2.15. The molecular weight excluding hydrogens is 390 g/mol. The van der Waals surface area contributed by atoms with Crippen molar-refractivity contribution in [1.82, 2.24) is 4.47 Å². The maximum Gasteiger partial charge on any atom is 0.339 e. The van der Waals surface area contributed by atoms with Crippen LogP contribution in [-0.4, -0.2) is 52.3 Å². The number of sulfonamides is 1. The Labute approximate surface area is 143 Å². The van der Waals surface area contributed by atoms with Crippen LogP contribution in [0.1, 0.15) is 23.2 Å². The molecule has 1 aliphatic heterocycles. The van der Waals surface area contributed by atoms with Crippen molar-refractivity contribution in [2.75, 3.05) is 27.4 Å².